The van der Waals surface area contributed by atoms with Crippen LogP contribution in [-0.2, 0) is 11.3 Å². The van der Waals surface area contributed by atoms with E-state index in [0.29, 0.717) is 10.0 Å². The predicted octanol–water partition coefficient (Wildman–Crippen LogP) is 0.709. The molecule has 1 rings (SSSR count). The highest BCUT2D eigenvalue weighted by atomic mass is 79.9. The first-order chi connectivity index (χ1) is 7.90. The van der Waals surface area contributed by atoms with Crippen molar-refractivity contribution in [2.75, 3.05) is 6.54 Å². The fourth-order valence-corrected chi connectivity index (χ4v) is 1.57. The largest absolute Gasteiger partial charge is 0.479 e. The molecule has 0 aliphatic heterocycles. The van der Waals surface area contributed by atoms with Gasteiger partial charge in [-0.25, -0.2) is 14.2 Å². The Balaban J connectivity index is 2.62. The highest BCUT2D eigenvalue weighted by Gasteiger charge is 2.16. The van der Waals surface area contributed by atoms with Crippen molar-refractivity contribution in [3.8, 4) is 0 Å². The zero-order valence-corrected chi connectivity index (χ0v) is 10.4. The van der Waals surface area contributed by atoms with Crippen LogP contribution < -0.4 is 5.84 Å². The maximum absolute atomic E-state index is 13.4. The highest BCUT2D eigenvalue weighted by molar-refractivity contribution is 9.10. The van der Waals surface area contributed by atoms with Crippen LogP contribution in [0.2, 0.25) is 0 Å². The van der Waals surface area contributed by atoms with E-state index in [1.165, 1.54) is 12.1 Å². The smallest absolute Gasteiger partial charge is 0.333 e. The number of nitrogens with two attached hydrogens (primary N) is 1. The summed E-state index contributed by atoms with van der Waals surface area (Å²) < 4.78 is 14.0. The summed E-state index contributed by atoms with van der Waals surface area (Å²) in [4.78, 5) is 10.4. The Morgan fingerprint density at radius 2 is 2.24 bits per heavy atom. The first kappa shape index (κ1) is 14.0. The van der Waals surface area contributed by atoms with E-state index in [1.807, 2.05) is 0 Å². The van der Waals surface area contributed by atoms with Crippen LogP contribution in [0.4, 0.5) is 4.39 Å². The number of carboxylic acid groups (broad SMARTS) is 1. The van der Waals surface area contributed by atoms with Crippen molar-refractivity contribution in [2.24, 2.45) is 5.84 Å². The van der Waals surface area contributed by atoms with Gasteiger partial charge < -0.3 is 10.2 Å². The number of benzene rings is 1. The van der Waals surface area contributed by atoms with Gasteiger partial charge in [0.2, 0.25) is 0 Å². The van der Waals surface area contributed by atoms with Gasteiger partial charge in [-0.3, -0.25) is 5.84 Å². The second-order valence-corrected chi connectivity index (χ2v) is 4.43. The quantitative estimate of drug-likeness (QED) is 0.551. The third-order valence-corrected chi connectivity index (χ3v) is 2.57. The molecule has 0 saturated carbocycles. The summed E-state index contributed by atoms with van der Waals surface area (Å²) in [5.74, 6) is 3.67. The third kappa shape index (κ3) is 4.39. The Morgan fingerprint density at radius 1 is 1.59 bits per heavy atom. The van der Waals surface area contributed by atoms with Gasteiger partial charge in [0.15, 0.2) is 6.10 Å². The molecule has 0 bridgehead atoms. The van der Waals surface area contributed by atoms with E-state index in [0.717, 1.165) is 5.01 Å². The number of halogens is 2. The van der Waals surface area contributed by atoms with Crippen molar-refractivity contribution in [1.82, 2.24) is 5.01 Å². The van der Waals surface area contributed by atoms with E-state index in [1.54, 1.807) is 6.07 Å². The van der Waals surface area contributed by atoms with Gasteiger partial charge in [-0.2, -0.15) is 0 Å². The van der Waals surface area contributed by atoms with E-state index < -0.39 is 17.9 Å². The Labute approximate surface area is 106 Å². The first-order valence-corrected chi connectivity index (χ1v) is 5.54. The summed E-state index contributed by atoms with van der Waals surface area (Å²) in [6, 6.07) is 4.48. The number of hydrogen-bond acceptors (Lipinski definition) is 4. The molecule has 0 aliphatic carbocycles. The molecule has 1 aromatic rings. The average Bonchev–Trinajstić information content (AvgIpc) is 2.22. The number of hydrazine groups is 1. The van der Waals surface area contributed by atoms with Crippen molar-refractivity contribution in [3.63, 3.8) is 0 Å². The van der Waals surface area contributed by atoms with Gasteiger partial charge >= 0.3 is 5.97 Å². The van der Waals surface area contributed by atoms with Crippen LogP contribution in [0.15, 0.2) is 22.7 Å². The molecule has 0 fully saturated rings. The number of aliphatic hydroxyl groups is 1. The molecule has 7 heteroatoms. The molecule has 0 spiro atoms. The fourth-order valence-electron chi connectivity index (χ4n) is 1.23. The maximum atomic E-state index is 13.4. The number of nitrogens with zero attached hydrogens (tertiary/aromatic N) is 1. The molecule has 1 aromatic carbocycles. The van der Waals surface area contributed by atoms with Gasteiger partial charge in [0.1, 0.15) is 5.82 Å². The second-order valence-electron chi connectivity index (χ2n) is 3.52. The Morgan fingerprint density at radius 3 is 2.76 bits per heavy atom. The van der Waals surface area contributed by atoms with E-state index in [9.17, 15) is 9.18 Å². The molecule has 0 radical (unpaired) electrons. The summed E-state index contributed by atoms with van der Waals surface area (Å²) in [6.45, 7) is -0.256. The van der Waals surface area contributed by atoms with Gasteiger partial charge in [0.25, 0.3) is 0 Å². The second kappa shape index (κ2) is 6.06. The van der Waals surface area contributed by atoms with Gasteiger partial charge in [0.05, 0.1) is 6.54 Å². The molecule has 0 heterocycles. The standard InChI is InChI=1S/C10H12BrFN2O3/c11-7-2-1-6(8(12)3-7)4-14(13)5-9(15)10(16)17/h1-3,9,15H,4-5,13H2,(H,16,17)/t9-/m1/s1. The minimum absolute atomic E-state index is 0.0173. The Hall–Kier alpha value is -1.02. The van der Waals surface area contributed by atoms with Crippen LogP contribution in [0.5, 0.6) is 0 Å². The molecule has 1 atom stereocenters. The zero-order valence-electron chi connectivity index (χ0n) is 8.81. The Kier molecular flexibility index (Phi) is 5.01. The van der Waals surface area contributed by atoms with Crippen molar-refractivity contribution in [2.45, 2.75) is 12.6 Å². The number of carbonyl (C=O) groups is 1. The Bertz CT molecular complexity index is 417. The monoisotopic (exact) mass is 306 g/mol. The van der Waals surface area contributed by atoms with Gasteiger partial charge in [-0.15, -0.1) is 0 Å². The summed E-state index contributed by atoms with van der Waals surface area (Å²) in [5, 5.41) is 18.6. The summed E-state index contributed by atoms with van der Waals surface area (Å²) >= 11 is 3.12. The van der Waals surface area contributed by atoms with Gasteiger partial charge in [-0.05, 0) is 12.1 Å². The molecule has 0 aromatic heterocycles. The lowest BCUT2D eigenvalue weighted by atomic mass is 10.2. The summed E-state index contributed by atoms with van der Waals surface area (Å²) in [5.41, 5.74) is 0.327. The molecule has 0 unspecified atom stereocenters. The molecule has 0 aliphatic rings. The minimum atomic E-state index is -1.58. The van der Waals surface area contributed by atoms with E-state index in [4.69, 9.17) is 16.1 Å². The topological polar surface area (TPSA) is 86.8 Å². The lowest BCUT2D eigenvalue weighted by molar-refractivity contribution is -0.147. The van der Waals surface area contributed by atoms with E-state index in [2.05, 4.69) is 15.9 Å². The van der Waals surface area contributed by atoms with Crippen LogP contribution in [0.3, 0.4) is 0 Å². The predicted molar refractivity (Wildman–Crippen MR) is 62.3 cm³/mol. The molecule has 4 N–H and O–H groups in total. The highest BCUT2D eigenvalue weighted by Crippen LogP contribution is 2.16. The van der Waals surface area contributed by atoms with E-state index >= 15 is 0 Å². The normalized spacial score (nSPS) is 12.8. The van der Waals surface area contributed by atoms with Crippen molar-refractivity contribution < 1.29 is 19.4 Å². The molecule has 0 saturated heterocycles. The summed E-state index contributed by atoms with van der Waals surface area (Å²) in [6.07, 6.45) is -1.58. The van der Waals surface area contributed by atoms with Crippen molar-refractivity contribution >= 4 is 21.9 Å². The number of aliphatic hydroxyl groups excluding tert-OH is 1. The van der Waals surface area contributed by atoms with Crippen LogP contribution >= 0.6 is 15.9 Å². The van der Waals surface area contributed by atoms with Crippen LogP contribution in [0.25, 0.3) is 0 Å². The number of hydrogen-bond donors (Lipinski definition) is 3. The van der Waals surface area contributed by atoms with Crippen LogP contribution in [0, 0.1) is 5.82 Å². The van der Waals surface area contributed by atoms with Crippen LogP contribution in [-0.4, -0.2) is 33.8 Å². The van der Waals surface area contributed by atoms with E-state index in [-0.39, 0.29) is 13.1 Å². The third-order valence-electron chi connectivity index (χ3n) is 2.08. The zero-order chi connectivity index (χ0) is 13.0. The fraction of sp³-hybridized carbons (Fsp3) is 0.300. The molecular weight excluding hydrogens is 295 g/mol. The van der Waals surface area contributed by atoms with Crippen molar-refractivity contribution in [3.05, 3.63) is 34.1 Å². The first-order valence-electron chi connectivity index (χ1n) is 4.74. The average molecular weight is 307 g/mol. The number of carboxylic acids is 1. The number of aliphatic carboxylic acids is 1. The summed E-state index contributed by atoms with van der Waals surface area (Å²) in [7, 11) is 0. The molecule has 17 heavy (non-hydrogen) atoms. The molecule has 94 valence electrons. The van der Waals surface area contributed by atoms with Gasteiger partial charge in [0, 0.05) is 16.6 Å². The molecule has 0 amide bonds. The minimum Gasteiger partial charge on any atom is -0.479 e. The lowest BCUT2D eigenvalue weighted by Gasteiger charge is -2.18. The SMILES string of the molecule is NN(Cc1ccc(Br)cc1F)C[C@@H](O)C(=O)O. The van der Waals surface area contributed by atoms with Gasteiger partial charge in [-0.1, -0.05) is 22.0 Å². The van der Waals surface area contributed by atoms with Crippen molar-refractivity contribution in [1.29, 1.82) is 0 Å². The molecular formula is C10H12BrFN2O3. The lowest BCUT2D eigenvalue weighted by Crippen LogP contribution is -2.40. The maximum Gasteiger partial charge on any atom is 0.333 e. The molecule has 5 nitrogen and oxygen atoms in total. The number of rotatable bonds is 5. The van der Waals surface area contributed by atoms with Crippen LogP contribution in [0.1, 0.15) is 5.56 Å².